The quantitative estimate of drug-likeness (QED) is 0.169. The van der Waals surface area contributed by atoms with Gasteiger partial charge in [0.05, 0.1) is 0 Å². The summed E-state index contributed by atoms with van der Waals surface area (Å²) in [6.45, 7) is 25.6. The maximum Gasteiger partial charge on any atom is 0.198 e. The van der Waals surface area contributed by atoms with E-state index in [0.29, 0.717) is 36.7 Å². The summed E-state index contributed by atoms with van der Waals surface area (Å²) in [4.78, 5) is 33.6. The van der Waals surface area contributed by atoms with Crippen LogP contribution in [0.4, 0.5) is 0 Å². The van der Waals surface area contributed by atoms with Crippen molar-refractivity contribution in [2.45, 2.75) is 99.3 Å². The van der Waals surface area contributed by atoms with Gasteiger partial charge in [0.1, 0.15) is 11.5 Å². The number of carbonyl (C=O) groups is 3. The van der Waals surface area contributed by atoms with Crippen LogP contribution >= 0.6 is 0 Å². The highest BCUT2D eigenvalue weighted by molar-refractivity contribution is 6.09. The maximum atomic E-state index is 11.8. The smallest absolute Gasteiger partial charge is 0.198 e. The SMILES string of the molecule is CCC(=O)CC.CCC(=O)c1oc(C)c2ccccc12.O=C(c1ccccc1)c1ccccc1.[CH2]c1cc2c(cc1C)C(C)(C)C(C)C2(C)C. The molecule has 1 unspecified atom stereocenters. The van der Waals surface area contributed by atoms with Gasteiger partial charge in [0.15, 0.2) is 17.3 Å². The van der Waals surface area contributed by atoms with Gasteiger partial charge in [-0.1, -0.05) is 152 Å². The summed E-state index contributed by atoms with van der Waals surface area (Å²) in [5, 5.41) is 1.96. The predicted octanol–water partition coefficient (Wildman–Crippen LogP) is 12.0. The molecule has 0 saturated heterocycles. The van der Waals surface area contributed by atoms with Crippen LogP contribution in [0.5, 0.6) is 0 Å². The average molecular weight is 672 g/mol. The fourth-order valence-electron chi connectivity index (χ4n) is 6.40. The van der Waals surface area contributed by atoms with Gasteiger partial charge < -0.3 is 4.42 Å². The zero-order valence-corrected chi connectivity index (χ0v) is 31.8. The summed E-state index contributed by atoms with van der Waals surface area (Å²) in [6.07, 6.45) is 1.87. The lowest BCUT2D eigenvalue weighted by atomic mass is 9.71. The highest BCUT2D eigenvalue weighted by atomic mass is 16.3. The number of Topliss-reactive ketones (excluding diaryl/α,β-unsaturated/α-hetero) is 2. The van der Waals surface area contributed by atoms with Crippen molar-refractivity contribution in [2.24, 2.45) is 5.92 Å². The Labute approximate surface area is 300 Å². The van der Waals surface area contributed by atoms with E-state index in [1.807, 2.05) is 113 Å². The van der Waals surface area contributed by atoms with Crippen LogP contribution in [-0.4, -0.2) is 17.3 Å². The Morgan fingerprint density at radius 1 is 0.660 bits per heavy atom. The number of furan rings is 1. The van der Waals surface area contributed by atoms with E-state index in [4.69, 9.17) is 4.42 Å². The number of carbonyl (C=O) groups excluding carboxylic acids is 3. The van der Waals surface area contributed by atoms with Crippen LogP contribution in [0.15, 0.2) is 101 Å². The van der Waals surface area contributed by atoms with Crippen molar-refractivity contribution in [3.63, 3.8) is 0 Å². The third-order valence-corrected chi connectivity index (χ3v) is 10.3. The lowest BCUT2D eigenvalue weighted by molar-refractivity contribution is -0.118. The maximum absolute atomic E-state index is 11.8. The summed E-state index contributed by atoms with van der Waals surface area (Å²) in [6, 6.07) is 31.0. The summed E-state index contributed by atoms with van der Waals surface area (Å²) in [5.74, 6) is 2.46. The molecule has 4 heteroatoms. The van der Waals surface area contributed by atoms with E-state index < -0.39 is 0 Å². The molecule has 0 amide bonds. The van der Waals surface area contributed by atoms with Crippen molar-refractivity contribution in [1.29, 1.82) is 0 Å². The minimum atomic E-state index is 0.0642. The first-order valence-electron chi connectivity index (χ1n) is 17.8. The second-order valence-corrected chi connectivity index (χ2v) is 14.1. The van der Waals surface area contributed by atoms with Crippen LogP contribution in [-0.2, 0) is 15.6 Å². The normalized spacial score (nSPS) is 13.8. The van der Waals surface area contributed by atoms with Crippen molar-refractivity contribution in [3.8, 4) is 0 Å². The molecule has 4 nitrogen and oxygen atoms in total. The summed E-state index contributed by atoms with van der Waals surface area (Å²) in [5.41, 5.74) is 7.53. The Morgan fingerprint density at radius 3 is 1.54 bits per heavy atom. The van der Waals surface area contributed by atoms with Crippen molar-refractivity contribution in [2.75, 3.05) is 0 Å². The van der Waals surface area contributed by atoms with E-state index in [-0.39, 0.29) is 22.4 Å². The van der Waals surface area contributed by atoms with Gasteiger partial charge in [0.25, 0.3) is 0 Å². The highest BCUT2D eigenvalue weighted by Crippen LogP contribution is 2.53. The van der Waals surface area contributed by atoms with E-state index in [0.717, 1.165) is 27.7 Å². The molecule has 4 aromatic carbocycles. The monoisotopic (exact) mass is 671 g/mol. The molecule has 1 heterocycles. The number of fused-ring (bicyclic) bond motifs is 2. The van der Waals surface area contributed by atoms with Gasteiger partial charge in [0.2, 0.25) is 0 Å². The highest BCUT2D eigenvalue weighted by Gasteiger charge is 2.48. The third-order valence-electron chi connectivity index (χ3n) is 10.3. The molecular weight excluding hydrogens is 617 g/mol. The number of rotatable bonds is 6. The molecule has 1 aliphatic rings. The largest absolute Gasteiger partial charge is 0.457 e. The number of hydrogen-bond acceptors (Lipinski definition) is 4. The van der Waals surface area contributed by atoms with Crippen LogP contribution < -0.4 is 0 Å². The molecule has 0 fully saturated rings. The molecule has 0 spiro atoms. The van der Waals surface area contributed by atoms with E-state index in [1.54, 1.807) is 0 Å². The molecule has 0 aliphatic heterocycles. The third kappa shape index (κ3) is 9.15. The van der Waals surface area contributed by atoms with Crippen molar-refractivity contribution >= 4 is 28.1 Å². The zero-order valence-electron chi connectivity index (χ0n) is 31.8. The topological polar surface area (TPSA) is 64.3 Å². The number of benzene rings is 4. The lowest BCUT2D eigenvalue weighted by Crippen LogP contribution is -2.30. The second kappa shape index (κ2) is 17.4. The van der Waals surface area contributed by atoms with Gasteiger partial charge >= 0.3 is 0 Å². The molecule has 1 radical (unpaired) electrons. The molecular formula is C46H55O4. The fraction of sp³-hybridized carbons (Fsp3) is 0.348. The van der Waals surface area contributed by atoms with Crippen molar-refractivity contribution in [3.05, 3.63) is 149 Å². The zero-order chi connectivity index (χ0) is 37.2. The van der Waals surface area contributed by atoms with Crippen molar-refractivity contribution in [1.82, 2.24) is 0 Å². The van der Waals surface area contributed by atoms with Crippen LogP contribution in [0, 0.1) is 26.7 Å². The van der Waals surface area contributed by atoms with Gasteiger partial charge in [-0.25, -0.2) is 0 Å². The second-order valence-electron chi connectivity index (χ2n) is 14.1. The number of hydrogen-bond donors (Lipinski definition) is 0. The molecule has 5 aromatic rings. The first-order chi connectivity index (χ1) is 23.6. The predicted molar refractivity (Wildman–Crippen MR) is 208 cm³/mol. The van der Waals surface area contributed by atoms with Gasteiger partial charge in [-0.15, -0.1) is 0 Å². The minimum absolute atomic E-state index is 0.0642. The van der Waals surface area contributed by atoms with Gasteiger partial charge in [-0.3, -0.25) is 14.4 Å². The Balaban J connectivity index is 0.000000188. The van der Waals surface area contributed by atoms with E-state index in [1.165, 1.54) is 22.3 Å². The standard InChI is InChI=1S/C16H23.C13H10O.C12H12O2.C5H10O/c1-10-8-13-14(9-11(10)2)16(6,7)12(3)15(13,4)5;14-13(11-7-3-1-4-8-11)12-9-5-2-6-10-12;1-3-11(13)12-10-7-5-4-6-9(10)8(2)14-12;1-3-5(6)4-2/h8-9,12H,1H2,2-7H3;1-10H;4-7H,3H2,1-2H3;3-4H2,1-2H3. The Bertz CT molecular complexity index is 1800. The minimum Gasteiger partial charge on any atom is -0.457 e. The van der Waals surface area contributed by atoms with E-state index >= 15 is 0 Å². The number of aryl methyl sites for hydroxylation is 2. The van der Waals surface area contributed by atoms with Crippen LogP contribution in [0.3, 0.4) is 0 Å². The first-order valence-corrected chi connectivity index (χ1v) is 17.8. The van der Waals surface area contributed by atoms with Crippen LogP contribution in [0.1, 0.15) is 129 Å². The summed E-state index contributed by atoms with van der Waals surface area (Å²) in [7, 11) is 0. The molecule has 1 aliphatic carbocycles. The molecule has 50 heavy (non-hydrogen) atoms. The van der Waals surface area contributed by atoms with Gasteiger partial charge in [-0.2, -0.15) is 0 Å². The molecule has 1 aromatic heterocycles. The average Bonchev–Trinajstić information content (AvgIpc) is 3.53. The van der Waals surface area contributed by atoms with Gasteiger partial charge in [0, 0.05) is 41.2 Å². The van der Waals surface area contributed by atoms with E-state index in [9.17, 15) is 14.4 Å². The molecule has 0 saturated carbocycles. The van der Waals surface area contributed by atoms with Gasteiger partial charge in [-0.05, 0) is 59.8 Å². The molecule has 0 bridgehead atoms. The van der Waals surface area contributed by atoms with Crippen LogP contribution in [0.2, 0.25) is 0 Å². The summed E-state index contributed by atoms with van der Waals surface area (Å²) >= 11 is 0. The molecule has 6 rings (SSSR count). The Hall–Kier alpha value is -4.57. The molecule has 0 N–H and O–H groups in total. The lowest BCUT2D eigenvalue weighted by Gasteiger charge is -2.32. The van der Waals surface area contributed by atoms with E-state index in [2.05, 4.69) is 60.6 Å². The molecule has 1 atom stereocenters. The Kier molecular flexibility index (Phi) is 13.9. The molecule has 263 valence electrons. The number of ketones is 3. The van der Waals surface area contributed by atoms with Crippen LogP contribution in [0.25, 0.3) is 10.8 Å². The fourth-order valence-corrected chi connectivity index (χ4v) is 6.40. The van der Waals surface area contributed by atoms with Crippen molar-refractivity contribution < 1.29 is 18.8 Å². The summed E-state index contributed by atoms with van der Waals surface area (Å²) < 4.78 is 5.47. The first kappa shape index (κ1) is 39.9. The Morgan fingerprint density at radius 2 is 1.10 bits per heavy atom.